The Balaban J connectivity index is 2.09. The maximum atomic E-state index is 12.6. The van der Waals surface area contributed by atoms with Gasteiger partial charge < -0.3 is 15.5 Å². The molecule has 1 aromatic carbocycles. The highest BCUT2D eigenvalue weighted by Crippen LogP contribution is 2.28. The van der Waals surface area contributed by atoms with Crippen LogP contribution in [0.15, 0.2) is 24.3 Å². The summed E-state index contributed by atoms with van der Waals surface area (Å²) in [6.45, 7) is 4.44. The fourth-order valence-electron chi connectivity index (χ4n) is 3.13. The molecule has 2 N–H and O–H groups in total. The molecule has 0 radical (unpaired) electrons. The molecule has 1 aliphatic carbocycles. The Morgan fingerprint density at radius 3 is 2.61 bits per heavy atom. The Hall–Kier alpha value is -2.04. The van der Waals surface area contributed by atoms with Crippen molar-refractivity contribution in [3.8, 4) is 0 Å². The summed E-state index contributed by atoms with van der Waals surface area (Å²) >= 11 is 0. The maximum Gasteiger partial charge on any atom is 0.247 e. The third-order valence-electron chi connectivity index (χ3n) is 4.54. The van der Waals surface area contributed by atoms with Gasteiger partial charge in [0.2, 0.25) is 11.8 Å². The minimum Gasteiger partial charge on any atom is -0.375 e. The molecule has 5 nitrogen and oxygen atoms in total. The van der Waals surface area contributed by atoms with Gasteiger partial charge in [0.25, 0.3) is 0 Å². The number of carbonyl (C=O) groups is 2. The average Bonchev–Trinajstić information content (AvgIpc) is 3.06. The van der Waals surface area contributed by atoms with E-state index in [1.807, 2.05) is 31.3 Å². The Morgan fingerprint density at radius 1 is 1.30 bits per heavy atom. The third-order valence-corrected chi connectivity index (χ3v) is 4.54. The number of nitrogens with zero attached hydrogens (tertiary/aromatic N) is 1. The second kappa shape index (κ2) is 7.99. The molecule has 0 aliphatic heterocycles. The minimum absolute atomic E-state index is 0.122. The van der Waals surface area contributed by atoms with Crippen LogP contribution in [0.5, 0.6) is 0 Å². The molecule has 1 saturated carbocycles. The van der Waals surface area contributed by atoms with Crippen LogP contribution in [0.25, 0.3) is 0 Å². The smallest absolute Gasteiger partial charge is 0.247 e. The summed E-state index contributed by atoms with van der Waals surface area (Å²) in [5.74, 6) is -0.0414. The average molecular weight is 317 g/mol. The van der Waals surface area contributed by atoms with Crippen LogP contribution in [0.3, 0.4) is 0 Å². The van der Waals surface area contributed by atoms with Crippen LogP contribution in [-0.4, -0.2) is 31.4 Å². The number of amides is 2. The molecular weight excluding hydrogens is 290 g/mol. The van der Waals surface area contributed by atoms with Gasteiger partial charge in [-0.3, -0.25) is 9.59 Å². The Labute approximate surface area is 138 Å². The van der Waals surface area contributed by atoms with E-state index in [0.717, 1.165) is 43.6 Å². The molecule has 0 bridgehead atoms. The molecule has 2 amide bonds. The van der Waals surface area contributed by atoms with Crippen molar-refractivity contribution >= 4 is 23.2 Å². The molecule has 1 atom stereocenters. The van der Waals surface area contributed by atoms with E-state index in [4.69, 9.17) is 0 Å². The molecule has 0 unspecified atom stereocenters. The molecule has 5 heteroatoms. The zero-order valence-corrected chi connectivity index (χ0v) is 14.3. The van der Waals surface area contributed by atoms with Gasteiger partial charge in [0.1, 0.15) is 6.04 Å². The first-order valence-electron chi connectivity index (χ1n) is 8.40. The van der Waals surface area contributed by atoms with E-state index in [-0.39, 0.29) is 17.7 Å². The maximum absolute atomic E-state index is 12.6. The second-order valence-electron chi connectivity index (χ2n) is 6.28. The summed E-state index contributed by atoms with van der Waals surface area (Å²) in [4.78, 5) is 26.2. The zero-order valence-electron chi connectivity index (χ0n) is 14.3. The molecule has 0 heterocycles. The lowest BCUT2D eigenvalue weighted by Crippen LogP contribution is -2.47. The lowest BCUT2D eigenvalue weighted by molar-refractivity contribution is -0.126. The lowest BCUT2D eigenvalue weighted by Gasteiger charge is -2.24. The predicted molar refractivity (Wildman–Crippen MR) is 93.6 cm³/mol. The minimum atomic E-state index is -0.442. The monoisotopic (exact) mass is 317 g/mol. The van der Waals surface area contributed by atoms with Crippen LogP contribution in [0.4, 0.5) is 11.4 Å². The normalized spacial score (nSPS) is 16.0. The van der Waals surface area contributed by atoms with Crippen LogP contribution in [-0.2, 0) is 9.59 Å². The van der Waals surface area contributed by atoms with Gasteiger partial charge in [0, 0.05) is 31.9 Å². The van der Waals surface area contributed by atoms with Crippen LogP contribution in [0, 0.1) is 5.92 Å². The first-order valence-corrected chi connectivity index (χ1v) is 8.40. The van der Waals surface area contributed by atoms with Gasteiger partial charge in [0.15, 0.2) is 0 Å². The fourth-order valence-corrected chi connectivity index (χ4v) is 3.13. The van der Waals surface area contributed by atoms with E-state index < -0.39 is 6.04 Å². The van der Waals surface area contributed by atoms with Gasteiger partial charge in [-0.15, -0.1) is 0 Å². The second-order valence-corrected chi connectivity index (χ2v) is 6.28. The number of benzene rings is 1. The summed E-state index contributed by atoms with van der Waals surface area (Å²) in [5.41, 5.74) is 1.82. The molecule has 0 saturated heterocycles. The van der Waals surface area contributed by atoms with E-state index in [2.05, 4.69) is 22.5 Å². The Morgan fingerprint density at radius 2 is 2.00 bits per heavy atom. The SMILES string of the molecule is CCN(C)c1cccc(NC(=O)[C@@H](NC(C)=O)C2CCCC2)c1. The first-order chi connectivity index (χ1) is 11.0. The van der Waals surface area contributed by atoms with Crippen molar-refractivity contribution in [2.75, 3.05) is 23.8 Å². The molecular formula is C18H27N3O2. The zero-order chi connectivity index (χ0) is 16.8. The molecule has 1 aromatic rings. The van der Waals surface area contributed by atoms with Gasteiger partial charge in [-0.2, -0.15) is 0 Å². The van der Waals surface area contributed by atoms with Gasteiger partial charge in [-0.05, 0) is 43.9 Å². The van der Waals surface area contributed by atoms with Gasteiger partial charge in [-0.1, -0.05) is 18.9 Å². The molecule has 0 aromatic heterocycles. The number of anilines is 2. The Bertz CT molecular complexity index is 553. The van der Waals surface area contributed by atoms with Gasteiger partial charge in [-0.25, -0.2) is 0 Å². The summed E-state index contributed by atoms with van der Waals surface area (Å²) in [6, 6.07) is 7.34. The van der Waals surface area contributed by atoms with Crippen LogP contribution >= 0.6 is 0 Å². The van der Waals surface area contributed by atoms with Crippen molar-refractivity contribution in [2.24, 2.45) is 5.92 Å². The van der Waals surface area contributed by atoms with Crippen molar-refractivity contribution in [2.45, 2.75) is 45.6 Å². The number of hydrogen-bond acceptors (Lipinski definition) is 3. The lowest BCUT2D eigenvalue weighted by atomic mass is 9.97. The quantitative estimate of drug-likeness (QED) is 0.848. The first kappa shape index (κ1) is 17.3. The molecule has 126 valence electrons. The summed E-state index contributed by atoms with van der Waals surface area (Å²) < 4.78 is 0. The van der Waals surface area contributed by atoms with Crippen molar-refractivity contribution in [1.29, 1.82) is 0 Å². The topological polar surface area (TPSA) is 61.4 Å². The third kappa shape index (κ3) is 4.71. The van der Waals surface area contributed by atoms with Crippen LogP contribution < -0.4 is 15.5 Å². The molecule has 2 rings (SSSR count). The standard InChI is InChI=1S/C18H27N3O2/c1-4-21(3)16-11-7-10-15(12-16)20-18(23)17(19-13(2)22)14-8-5-6-9-14/h7,10-12,14,17H,4-6,8-9H2,1-3H3,(H,19,22)(H,20,23)/t17-/m0/s1. The van der Waals surface area contributed by atoms with Crippen molar-refractivity contribution in [3.63, 3.8) is 0 Å². The van der Waals surface area contributed by atoms with E-state index in [1.54, 1.807) is 0 Å². The highest BCUT2D eigenvalue weighted by atomic mass is 16.2. The van der Waals surface area contributed by atoms with E-state index in [0.29, 0.717) is 0 Å². The summed E-state index contributed by atoms with van der Waals surface area (Å²) in [6.07, 6.45) is 4.25. The van der Waals surface area contributed by atoms with Crippen LogP contribution in [0.1, 0.15) is 39.5 Å². The number of nitrogens with one attached hydrogen (secondary N) is 2. The van der Waals surface area contributed by atoms with Gasteiger partial charge in [0.05, 0.1) is 0 Å². The van der Waals surface area contributed by atoms with Crippen LogP contribution in [0.2, 0.25) is 0 Å². The summed E-state index contributed by atoms with van der Waals surface area (Å²) in [5, 5.41) is 5.79. The fraction of sp³-hybridized carbons (Fsp3) is 0.556. The van der Waals surface area contributed by atoms with E-state index in [9.17, 15) is 9.59 Å². The largest absolute Gasteiger partial charge is 0.375 e. The van der Waals surface area contributed by atoms with E-state index >= 15 is 0 Å². The number of carbonyl (C=O) groups excluding carboxylic acids is 2. The van der Waals surface area contributed by atoms with Crippen molar-refractivity contribution in [1.82, 2.24) is 5.32 Å². The van der Waals surface area contributed by atoms with E-state index in [1.165, 1.54) is 6.92 Å². The highest BCUT2D eigenvalue weighted by Gasteiger charge is 2.31. The molecule has 0 spiro atoms. The molecule has 1 aliphatic rings. The Kier molecular flexibility index (Phi) is 6.02. The molecule has 23 heavy (non-hydrogen) atoms. The molecule has 1 fully saturated rings. The van der Waals surface area contributed by atoms with Crippen molar-refractivity contribution in [3.05, 3.63) is 24.3 Å². The summed E-state index contributed by atoms with van der Waals surface area (Å²) in [7, 11) is 2.01. The predicted octanol–water partition coefficient (Wildman–Crippen LogP) is 2.78. The van der Waals surface area contributed by atoms with Gasteiger partial charge >= 0.3 is 0 Å². The van der Waals surface area contributed by atoms with Crippen molar-refractivity contribution < 1.29 is 9.59 Å². The number of rotatable bonds is 6. The highest BCUT2D eigenvalue weighted by molar-refractivity contribution is 5.97. The number of hydrogen-bond donors (Lipinski definition) is 2.